The number of amides is 1. The van der Waals surface area contributed by atoms with Crippen LogP contribution in [0, 0.1) is 0 Å². The van der Waals surface area contributed by atoms with Gasteiger partial charge < -0.3 is 10.2 Å². The van der Waals surface area contributed by atoms with E-state index in [-0.39, 0.29) is 0 Å². The van der Waals surface area contributed by atoms with Crippen LogP contribution in [0.3, 0.4) is 0 Å². The molecule has 5 heteroatoms. The van der Waals surface area contributed by atoms with Crippen LogP contribution in [0.2, 0.25) is 0 Å². The van der Waals surface area contributed by atoms with E-state index >= 15 is 0 Å². The highest BCUT2D eigenvalue weighted by Gasteiger charge is 2.18. The number of allylic oxidation sites excluding steroid dienone is 1. The number of thiophene rings is 1. The zero-order chi connectivity index (χ0) is 20.1. The molecule has 150 valence electrons. The summed E-state index contributed by atoms with van der Waals surface area (Å²) in [6.07, 6.45) is 5.74. The largest absolute Gasteiger partial charge is 0.368 e. The fourth-order valence-electron chi connectivity index (χ4n) is 4.03. The molecule has 1 saturated heterocycles. The molecule has 0 atom stereocenters. The summed E-state index contributed by atoms with van der Waals surface area (Å²) in [6, 6.07) is 15.2. The van der Waals surface area contributed by atoms with E-state index in [0.29, 0.717) is 0 Å². The first-order chi connectivity index (χ1) is 14.3. The summed E-state index contributed by atoms with van der Waals surface area (Å²) in [5.41, 5.74) is 4.55. The Morgan fingerprint density at radius 3 is 2.76 bits per heavy atom. The van der Waals surface area contributed by atoms with Crippen LogP contribution in [0.5, 0.6) is 0 Å². The first-order valence-corrected chi connectivity index (χ1v) is 11.1. The summed E-state index contributed by atoms with van der Waals surface area (Å²) in [4.78, 5) is 16.0. The lowest BCUT2D eigenvalue weighted by molar-refractivity contribution is -0.105. The molecular formula is C24H27N3OS. The number of carbonyl (C=O) groups excluding carboxylic acids is 1. The Hall–Kier alpha value is -2.63. The van der Waals surface area contributed by atoms with Crippen molar-refractivity contribution in [2.45, 2.75) is 13.3 Å². The van der Waals surface area contributed by atoms with Gasteiger partial charge in [-0.2, -0.15) is 0 Å². The van der Waals surface area contributed by atoms with Crippen LogP contribution in [0.15, 0.2) is 53.9 Å². The Morgan fingerprint density at radius 2 is 1.97 bits per heavy atom. The van der Waals surface area contributed by atoms with Crippen molar-refractivity contribution in [2.24, 2.45) is 0 Å². The molecule has 2 aromatic carbocycles. The molecule has 1 aliphatic rings. The molecule has 0 radical (unpaired) electrons. The normalized spacial score (nSPS) is 15.3. The van der Waals surface area contributed by atoms with E-state index in [1.807, 2.05) is 30.4 Å². The lowest BCUT2D eigenvalue weighted by Gasteiger charge is -2.36. The van der Waals surface area contributed by atoms with Crippen molar-refractivity contribution in [3.63, 3.8) is 0 Å². The van der Waals surface area contributed by atoms with Crippen LogP contribution in [0.4, 0.5) is 11.4 Å². The Kier molecular flexibility index (Phi) is 6.27. The SMILES string of the molecule is C/C=C\c1ccc(CCN2CCN(c3cccc4sccc34)CC2)cc1NC=O. The molecule has 0 unspecified atom stereocenters. The summed E-state index contributed by atoms with van der Waals surface area (Å²) in [7, 11) is 0. The molecule has 1 N–H and O–H groups in total. The summed E-state index contributed by atoms with van der Waals surface area (Å²) < 4.78 is 1.37. The molecule has 1 aliphatic heterocycles. The van der Waals surface area contributed by atoms with Crippen LogP contribution >= 0.6 is 11.3 Å². The monoisotopic (exact) mass is 405 g/mol. The Balaban J connectivity index is 1.35. The van der Waals surface area contributed by atoms with Gasteiger partial charge in [-0.3, -0.25) is 9.69 Å². The summed E-state index contributed by atoms with van der Waals surface area (Å²) in [6.45, 7) is 7.31. The maximum absolute atomic E-state index is 10.9. The molecule has 4 rings (SSSR count). The summed E-state index contributed by atoms with van der Waals surface area (Å²) in [5, 5.41) is 6.38. The van der Waals surface area contributed by atoms with E-state index in [1.165, 1.54) is 21.3 Å². The number of hydrogen-bond acceptors (Lipinski definition) is 4. The summed E-state index contributed by atoms with van der Waals surface area (Å²) in [5.74, 6) is 0. The van der Waals surface area contributed by atoms with Crippen molar-refractivity contribution < 1.29 is 4.79 Å². The van der Waals surface area contributed by atoms with Gasteiger partial charge in [0.2, 0.25) is 6.41 Å². The second kappa shape index (κ2) is 9.25. The average molecular weight is 406 g/mol. The predicted octanol–water partition coefficient (Wildman–Crippen LogP) is 4.87. The molecule has 0 spiro atoms. The van der Waals surface area contributed by atoms with E-state index in [0.717, 1.165) is 56.8 Å². The quantitative estimate of drug-likeness (QED) is 0.570. The highest BCUT2D eigenvalue weighted by molar-refractivity contribution is 7.17. The molecule has 1 amide bonds. The van der Waals surface area contributed by atoms with Gasteiger partial charge in [0.15, 0.2) is 0 Å². The third-order valence-electron chi connectivity index (χ3n) is 5.58. The van der Waals surface area contributed by atoms with E-state index < -0.39 is 0 Å². The van der Waals surface area contributed by atoms with Crippen molar-refractivity contribution in [2.75, 3.05) is 42.9 Å². The second-order valence-electron chi connectivity index (χ2n) is 7.37. The van der Waals surface area contributed by atoms with Crippen LogP contribution in [0.25, 0.3) is 16.2 Å². The fraction of sp³-hybridized carbons (Fsp3) is 0.292. The molecule has 0 saturated carbocycles. The number of rotatable bonds is 7. The fourth-order valence-corrected chi connectivity index (χ4v) is 4.83. The molecule has 29 heavy (non-hydrogen) atoms. The van der Waals surface area contributed by atoms with E-state index in [2.05, 4.69) is 63.0 Å². The minimum Gasteiger partial charge on any atom is -0.368 e. The number of benzene rings is 2. The van der Waals surface area contributed by atoms with Crippen molar-refractivity contribution in [1.82, 2.24) is 4.90 Å². The lowest BCUT2D eigenvalue weighted by atomic mass is 10.1. The highest BCUT2D eigenvalue weighted by atomic mass is 32.1. The van der Waals surface area contributed by atoms with Gasteiger partial charge in [0.05, 0.1) is 0 Å². The van der Waals surface area contributed by atoms with Crippen molar-refractivity contribution in [3.05, 3.63) is 65.0 Å². The van der Waals surface area contributed by atoms with Crippen molar-refractivity contribution >= 4 is 45.3 Å². The number of hydrogen-bond donors (Lipinski definition) is 1. The molecular weight excluding hydrogens is 378 g/mol. The number of anilines is 2. The topological polar surface area (TPSA) is 35.6 Å². The predicted molar refractivity (Wildman–Crippen MR) is 125 cm³/mol. The van der Waals surface area contributed by atoms with Crippen LogP contribution in [-0.2, 0) is 11.2 Å². The lowest BCUT2D eigenvalue weighted by Crippen LogP contribution is -2.47. The van der Waals surface area contributed by atoms with Gasteiger partial charge >= 0.3 is 0 Å². The Labute approximate surface area is 176 Å². The Bertz CT molecular complexity index is 1000. The van der Waals surface area contributed by atoms with Gasteiger partial charge in [-0.05, 0) is 54.1 Å². The molecule has 4 nitrogen and oxygen atoms in total. The number of carbonyl (C=O) groups is 1. The molecule has 2 heterocycles. The molecule has 1 fully saturated rings. The van der Waals surface area contributed by atoms with Gasteiger partial charge in [0.25, 0.3) is 0 Å². The zero-order valence-electron chi connectivity index (χ0n) is 16.8. The van der Waals surface area contributed by atoms with Crippen LogP contribution in [0.1, 0.15) is 18.1 Å². The molecule has 0 bridgehead atoms. The van der Waals surface area contributed by atoms with Gasteiger partial charge in [-0.25, -0.2) is 0 Å². The number of nitrogens with zero attached hydrogens (tertiary/aromatic N) is 2. The third-order valence-corrected chi connectivity index (χ3v) is 6.46. The van der Waals surface area contributed by atoms with Gasteiger partial charge in [-0.1, -0.05) is 30.4 Å². The molecule has 0 aliphatic carbocycles. The van der Waals surface area contributed by atoms with Crippen molar-refractivity contribution in [1.29, 1.82) is 0 Å². The minimum atomic E-state index is 0.749. The Morgan fingerprint density at radius 1 is 1.10 bits per heavy atom. The molecule has 3 aromatic rings. The van der Waals surface area contributed by atoms with Gasteiger partial charge in [0, 0.05) is 54.2 Å². The average Bonchev–Trinajstić information content (AvgIpc) is 3.24. The van der Waals surface area contributed by atoms with Crippen LogP contribution < -0.4 is 10.2 Å². The van der Waals surface area contributed by atoms with E-state index in [4.69, 9.17) is 0 Å². The summed E-state index contributed by atoms with van der Waals surface area (Å²) >= 11 is 1.81. The first-order valence-electron chi connectivity index (χ1n) is 10.2. The van der Waals surface area contributed by atoms with Crippen LogP contribution in [-0.4, -0.2) is 44.0 Å². The molecule has 1 aromatic heterocycles. The number of piperazine rings is 1. The first kappa shape index (κ1) is 19.7. The second-order valence-corrected chi connectivity index (χ2v) is 8.32. The minimum absolute atomic E-state index is 0.749. The van der Waals surface area contributed by atoms with E-state index in [9.17, 15) is 4.79 Å². The highest BCUT2D eigenvalue weighted by Crippen LogP contribution is 2.31. The number of nitrogens with one attached hydrogen (secondary N) is 1. The maximum atomic E-state index is 10.9. The third kappa shape index (κ3) is 4.52. The van der Waals surface area contributed by atoms with Gasteiger partial charge in [0.1, 0.15) is 0 Å². The number of fused-ring (bicyclic) bond motifs is 1. The maximum Gasteiger partial charge on any atom is 0.211 e. The van der Waals surface area contributed by atoms with Gasteiger partial charge in [-0.15, -0.1) is 11.3 Å². The van der Waals surface area contributed by atoms with E-state index in [1.54, 1.807) is 0 Å². The smallest absolute Gasteiger partial charge is 0.211 e. The van der Waals surface area contributed by atoms with Crippen molar-refractivity contribution in [3.8, 4) is 0 Å². The standard InChI is InChI=1S/C24H27N3OS/c1-2-4-20-8-7-19(17-22(20)25-18-28)9-11-26-12-14-27(15-13-26)23-5-3-6-24-21(23)10-16-29-24/h2-8,10,16-18H,9,11-15H2,1H3,(H,25,28)/b4-2-. The zero-order valence-corrected chi connectivity index (χ0v) is 17.6.